The third kappa shape index (κ3) is 2.59. The van der Waals surface area contributed by atoms with Crippen LogP contribution in [0.3, 0.4) is 0 Å². The Labute approximate surface area is 131 Å². The molecular weight excluding hydrogens is 292 g/mol. The molecule has 23 heavy (non-hydrogen) atoms. The van der Waals surface area contributed by atoms with Gasteiger partial charge in [0.15, 0.2) is 11.4 Å². The van der Waals surface area contributed by atoms with E-state index in [0.717, 1.165) is 11.4 Å². The molecule has 0 amide bonds. The molecule has 3 N–H and O–H groups in total. The summed E-state index contributed by atoms with van der Waals surface area (Å²) in [6.45, 7) is 0.549. The summed E-state index contributed by atoms with van der Waals surface area (Å²) >= 11 is 0. The van der Waals surface area contributed by atoms with Crippen LogP contribution >= 0.6 is 0 Å². The van der Waals surface area contributed by atoms with Gasteiger partial charge in [-0.05, 0) is 24.3 Å². The highest BCUT2D eigenvalue weighted by Gasteiger charge is 2.12. The molecular formula is C16H14N6O. The number of rotatable bonds is 4. The van der Waals surface area contributed by atoms with Crippen LogP contribution in [0.25, 0.3) is 17.2 Å². The molecule has 4 aromatic rings. The van der Waals surface area contributed by atoms with Crippen molar-refractivity contribution >= 4 is 17.3 Å². The van der Waals surface area contributed by atoms with Crippen LogP contribution in [0, 0.1) is 0 Å². The SMILES string of the molecule is Nc1nc(CNc2ccccc2)cc2nc(-c3ccco3)nn12. The summed E-state index contributed by atoms with van der Waals surface area (Å²) in [6.07, 6.45) is 1.58. The monoisotopic (exact) mass is 306 g/mol. The van der Waals surface area contributed by atoms with Gasteiger partial charge in [0, 0.05) is 11.8 Å². The summed E-state index contributed by atoms with van der Waals surface area (Å²) in [7, 11) is 0. The second-order valence-corrected chi connectivity index (χ2v) is 5.01. The van der Waals surface area contributed by atoms with E-state index in [2.05, 4.69) is 20.4 Å². The van der Waals surface area contributed by atoms with Crippen molar-refractivity contribution in [3.63, 3.8) is 0 Å². The first-order valence-corrected chi connectivity index (χ1v) is 7.14. The second-order valence-electron chi connectivity index (χ2n) is 5.01. The van der Waals surface area contributed by atoms with Gasteiger partial charge in [0.05, 0.1) is 18.5 Å². The van der Waals surface area contributed by atoms with E-state index in [-0.39, 0.29) is 5.95 Å². The molecule has 114 valence electrons. The van der Waals surface area contributed by atoms with Gasteiger partial charge >= 0.3 is 0 Å². The van der Waals surface area contributed by atoms with Gasteiger partial charge < -0.3 is 15.5 Å². The van der Waals surface area contributed by atoms with E-state index >= 15 is 0 Å². The molecule has 0 aliphatic carbocycles. The molecule has 7 heteroatoms. The Bertz CT molecular complexity index is 930. The number of nitrogens with two attached hydrogens (primary N) is 1. The number of nitrogens with one attached hydrogen (secondary N) is 1. The number of hydrogen-bond acceptors (Lipinski definition) is 6. The van der Waals surface area contributed by atoms with Crippen molar-refractivity contribution in [1.82, 2.24) is 19.6 Å². The van der Waals surface area contributed by atoms with E-state index in [9.17, 15) is 0 Å². The molecule has 0 spiro atoms. The highest BCUT2D eigenvalue weighted by Crippen LogP contribution is 2.18. The molecule has 0 radical (unpaired) electrons. The lowest BCUT2D eigenvalue weighted by molar-refractivity contribution is 0.577. The molecule has 1 aromatic carbocycles. The van der Waals surface area contributed by atoms with Crippen molar-refractivity contribution in [3.05, 3.63) is 60.5 Å². The molecule has 0 aliphatic rings. The highest BCUT2D eigenvalue weighted by atomic mass is 16.3. The number of benzene rings is 1. The van der Waals surface area contributed by atoms with E-state index in [1.807, 2.05) is 36.4 Å². The van der Waals surface area contributed by atoms with E-state index in [4.69, 9.17) is 10.2 Å². The Balaban J connectivity index is 1.64. The van der Waals surface area contributed by atoms with E-state index in [1.165, 1.54) is 4.52 Å². The van der Waals surface area contributed by atoms with Gasteiger partial charge in [-0.3, -0.25) is 0 Å². The van der Waals surface area contributed by atoms with Crippen molar-refractivity contribution in [2.45, 2.75) is 6.54 Å². The molecule has 0 bridgehead atoms. The van der Waals surface area contributed by atoms with Crippen LogP contribution in [0.2, 0.25) is 0 Å². The van der Waals surface area contributed by atoms with Gasteiger partial charge in [-0.25, -0.2) is 9.97 Å². The molecule has 7 nitrogen and oxygen atoms in total. The summed E-state index contributed by atoms with van der Waals surface area (Å²) < 4.78 is 6.82. The first kappa shape index (κ1) is 13.3. The number of nitrogen functional groups attached to an aromatic ring is 1. The Hall–Kier alpha value is -3.35. The second kappa shape index (κ2) is 5.45. The van der Waals surface area contributed by atoms with Crippen molar-refractivity contribution in [2.75, 3.05) is 11.1 Å². The molecule has 3 aromatic heterocycles. The van der Waals surface area contributed by atoms with E-state index in [1.54, 1.807) is 18.4 Å². The number of para-hydroxylation sites is 1. The molecule has 0 aliphatic heterocycles. The van der Waals surface area contributed by atoms with Gasteiger partial charge in [0.1, 0.15) is 0 Å². The zero-order valence-corrected chi connectivity index (χ0v) is 12.2. The van der Waals surface area contributed by atoms with Gasteiger partial charge in [-0.15, -0.1) is 5.10 Å². The lowest BCUT2D eigenvalue weighted by Crippen LogP contribution is -2.08. The molecule has 3 heterocycles. The molecule has 0 saturated carbocycles. The smallest absolute Gasteiger partial charge is 0.223 e. The average molecular weight is 306 g/mol. The minimum absolute atomic E-state index is 0.290. The minimum Gasteiger partial charge on any atom is -0.461 e. The quantitative estimate of drug-likeness (QED) is 0.602. The maximum atomic E-state index is 5.98. The maximum Gasteiger partial charge on any atom is 0.223 e. The van der Waals surface area contributed by atoms with Crippen LogP contribution in [0.15, 0.2) is 59.2 Å². The number of furan rings is 1. The van der Waals surface area contributed by atoms with Crippen LogP contribution in [0.5, 0.6) is 0 Å². The van der Waals surface area contributed by atoms with Crippen molar-refractivity contribution < 1.29 is 4.42 Å². The normalized spacial score (nSPS) is 11.0. The number of fused-ring (bicyclic) bond motifs is 1. The minimum atomic E-state index is 0.290. The van der Waals surface area contributed by atoms with Crippen LogP contribution in [0.1, 0.15) is 5.69 Å². The first-order chi connectivity index (χ1) is 11.3. The Morgan fingerprint density at radius 1 is 1.09 bits per heavy atom. The summed E-state index contributed by atoms with van der Waals surface area (Å²) in [4.78, 5) is 8.80. The van der Waals surface area contributed by atoms with Crippen molar-refractivity contribution in [2.24, 2.45) is 0 Å². The van der Waals surface area contributed by atoms with Crippen molar-refractivity contribution in [1.29, 1.82) is 0 Å². The zero-order valence-electron chi connectivity index (χ0n) is 12.2. The van der Waals surface area contributed by atoms with E-state index in [0.29, 0.717) is 23.8 Å². The Morgan fingerprint density at radius 2 is 1.96 bits per heavy atom. The van der Waals surface area contributed by atoms with Gasteiger partial charge in [0.25, 0.3) is 0 Å². The van der Waals surface area contributed by atoms with E-state index < -0.39 is 0 Å². The maximum absolute atomic E-state index is 5.98. The fourth-order valence-electron chi connectivity index (χ4n) is 2.31. The zero-order chi connectivity index (χ0) is 15.6. The van der Waals surface area contributed by atoms with Crippen LogP contribution < -0.4 is 11.1 Å². The average Bonchev–Trinajstić information content (AvgIpc) is 3.23. The molecule has 0 unspecified atom stereocenters. The third-order valence-corrected chi connectivity index (χ3v) is 3.39. The molecule has 0 atom stereocenters. The number of anilines is 2. The topological polar surface area (TPSA) is 94.3 Å². The van der Waals surface area contributed by atoms with Crippen LogP contribution in [-0.4, -0.2) is 19.6 Å². The molecule has 0 fully saturated rings. The Morgan fingerprint density at radius 3 is 2.74 bits per heavy atom. The highest BCUT2D eigenvalue weighted by molar-refractivity contribution is 5.54. The van der Waals surface area contributed by atoms with Gasteiger partial charge in [-0.2, -0.15) is 4.52 Å². The van der Waals surface area contributed by atoms with Gasteiger partial charge in [-0.1, -0.05) is 18.2 Å². The molecule has 4 rings (SSSR count). The largest absolute Gasteiger partial charge is 0.461 e. The number of hydrogen-bond donors (Lipinski definition) is 2. The lowest BCUT2D eigenvalue weighted by atomic mass is 10.3. The summed E-state index contributed by atoms with van der Waals surface area (Å²) in [6, 6.07) is 15.4. The predicted molar refractivity (Wildman–Crippen MR) is 86.7 cm³/mol. The fourth-order valence-corrected chi connectivity index (χ4v) is 2.31. The predicted octanol–water partition coefficient (Wildman–Crippen LogP) is 2.58. The number of nitrogens with zero attached hydrogens (tertiary/aromatic N) is 4. The fraction of sp³-hybridized carbons (Fsp3) is 0.0625. The first-order valence-electron chi connectivity index (χ1n) is 7.14. The summed E-state index contributed by atoms with van der Waals surface area (Å²) in [5.41, 5.74) is 8.42. The van der Waals surface area contributed by atoms with Crippen LogP contribution in [0.4, 0.5) is 11.6 Å². The standard InChI is InChI=1S/C16H14N6O/c17-16-19-12(10-18-11-5-2-1-3-6-11)9-14-20-15(21-22(14)16)13-7-4-8-23-13/h1-9,18H,10H2,(H2,17,19). The summed E-state index contributed by atoms with van der Waals surface area (Å²) in [5.74, 6) is 1.37. The Kier molecular flexibility index (Phi) is 3.16. The van der Waals surface area contributed by atoms with Gasteiger partial charge in [0.2, 0.25) is 11.8 Å². The lowest BCUT2D eigenvalue weighted by Gasteiger charge is -2.06. The summed E-state index contributed by atoms with van der Waals surface area (Å²) in [5, 5.41) is 7.61. The number of aromatic nitrogens is 4. The van der Waals surface area contributed by atoms with Crippen LogP contribution in [-0.2, 0) is 6.54 Å². The van der Waals surface area contributed by atoms with Crippen molar-refractivity contribution in [3.8, 4) is 11.6 Å². The third-order valence-electron chi connectivity index (χ3n) is 3.39. The molecule has 0 saturated heterocycles.